The van der Waals surface area contributed by atoms with Crippen LogP contribution in [0.3, 0.4) is 0 Å². The quantitative estimate of drug-likeness (QED) is 0.923. The summed E-state index contributed by atoms with van der Waals surface area (Å²) in [6, 6.07) is 9.63. The molecule has 2 heterocycles. The van der Waals surface area contributed by atoms with Gasteiger partial charge in [-0.15, -0.1) is 0 Å². The van der Waals surface area contributed by atoms with Gasteiger partial charge in [-0.25, -0.2) is 0 Å². The fourth-order valence-electron chi connectivity index (χ4n) is 3.85. The Bertz CT molecular complexity index is 454. The molecule has 0 spiro atoms. The van der Waals surface area contributed by atoms with Gasteiger partial charge in [0.2, 0.25) is 0 Å². The Labute approximate surface area is 129 Å². The molecule has 2 fully saturated rings. The van der Waals surface area contributed by atoms with E-state index in [4.69, 9.17) is 5.73 Å². The largest absolute Gasteiger partial charge is 0.370 e. The van der Waals surface area contributed by atoms with E-state index in [1.165, 1.54) is 63.1 Å². The molecule has 0 saturated carbocycles. The highest BCUT2D eigenvalue weighted by Gasteiger charge is 2.29. The SMILES string of the molecule is CC[C@H](N)c1ccccc1N1CCC(N2CCCCC2)C1. The molecule has 2 atom stereocenters. The van der Waals surface area contributed by atoms with Crippen molar-refractivity contribution < 1.29 is 0 Å². The summed E-state index contributed by atoms with van der Waals surface area (Å²) in [5.74, 6) is 0. The molecule has 3 heteroatoms. The summed E-state index contributed by atoms with van der Waals surface area (Å²) < 4.78 is 0. The topological polar surface area (TPSA) is 32.5 Å². The van der Waals surface area contributed by atoms with Crippen LogP contribution < -0.4 is 10.6 Å². The van der Waals surface area contributed by atoms with Crippen molar-refractivity contribution in [1.29, 1.82) is 0 Å². The molecular weight excluding hydrogens is 258 g/mol. The molecule has 2 N–H and O–H groups in total. The first kappa shape index (κ1) is 14.9. The van der Waals surface area contributed by atoms with Gasteiger partial charge in [-0.05, 0) is 50.4 Å². The van der Waals surface area contributed by atoms with Crippen molar-refractivity contribution in [1.82, 2.24) is 4.90 Å². The number of benzene rings is 1. The van der Waals surface area contributed by atoms with Gasteiger partial charge in [0.25, 0.3) is 0 Å². The highest BCUT2D eigenvalue weighted by molar-refractivity contribution is 5.56. The van der Waals surface area contributed by atoms with Crippen LogP contribution in [0.4, 0.5) is 5.69 Å². The molecule has 3 rings (SSSR count). The summed E-state index contributed by atoms with van der Waals surface area (Å²) in [5, 5.41) is 0. The number of para-hydroxylation sites is 1. The summed E-state index contributed by atoms with van der Waals surface area (Å²) in [7, 11) is 0. The normalized spacial score (nSPS) is 25.2. The average Bonchev–Trinajstić information content (AvgIpc) is 3.05. The lowest BCUT2D eigenvalue weighted by molar-refractivity contribution is 0.175. The molecule has 2 aliphatic heterocycles. The maximum absolute atomic E-state index is 6.30. The van der Waals surface area contributed by atoms with Crippen LogP contribution in [-0.4, -0.2) is 37.1 Å². The summed E-state index contributed by atoms with van der Waals surface area (Å²) in [5.41, 5.74) is 8.99. The van der Waals surface area contributed by atoms with Gasteiger partial charge in [-0.1, -0.05) is 31.5 Å². The Morgan fingerprint density at radius 3 is 2.67 bits per heavy atom. The third-order valence-electron chi connectivity index (χ3n) is 5.19. The molecule has 0 radical (unpaired) electrons. The van der Waals surface area contributed by atoms with Crippen LogP contribution in [-0.2, 0) is 0 Å². The maximum Gasteiger partial charge on any atom is 0.0415 e. The number of rotatable bonds is 4. The molecule has 1 unspecified atom stereocenters. The average molecular weight is 287 g/mol. The first-order chi connectivity index (χ1) is 10.3. The predicted molar refractivity (Wildman–Crippen MR) is 89.7 cm³/mol. The van der Waals surface area contributed by atoms with Gasteiger partial charge in [0.15, 0.2) is 0 Å². The summed E-state index contributed by atoms with van der Waals surface area (Å²) in [6.07, 6.45) is 6.48. The molecule has 116 valence electrons. The molecule has 2 aliphatic rings. The lowest BCUT2D eigenvalue weighted by atomic mass is 10.0. The van der Waals surface area contributed by atoms with Gasteiger partial charge in [0.05, 0.1) is 0 Å². The molecule has 21 heavy (non-hydrogen) atoms. The number of nitrogens with two attached hydrogens (primary N) is 1. The monoisotopic (exact) mass is 287 g/mol. The number of likely N-dealkylation sites (tertiary alicyclic amines) is 1. The van der Waals surface area contributed by atoms with Crippen LogP contribution in [0.5, 0.6) is 0 Å². The van der Waals surface area contributed by atoms with Gasteiger partial charge >= 0.3 is 0 Å². The zero-order valence-corrected chi connectivity index (χ0v) is 13.3. The molecule has 0 aromatic heterocycles. The third kappa shape index (κ3) is 3.24. The van der Waals surface area contributed by atoms with Crippen molar-refractivity contribution in [3.8, 4) is 0 Å². The fourth-order valence-corrected chi connectivity index (χ4v) is 3.85. The zero-order valence-electron chi connectivity index (χ0n) is 13.3. The number of hydrogen-bond donors (Lipinski definition) is 1. The first-order valence-electron chi connectivity index (χ1n) is 8.63. The second-order valence-electron chi connectivity index (χ2n) is 6.56. The summed E-state index contributed by atoms with van der Waals surface area (Å²) in [4.78, 5) is 5.27. The van der Waals surface area contributed by atoms with E-state index < -0.39 is 0 Å². The highest BCUT2D eigenvalue weighted by Crippen LogP contribution is 2.31. The summed E-state index contributed by atoms with van der Waals surface area (Å²) in [6.45, 7) is 7.12. The molecule has 3 nitrogen and oxygen atoms in total. The molecule has 0 amide bonds. The fraction of sp³-hybridized carbons (Fsp3) is 0.667. The van der Waals surface area contributed by atoms with Gasteiger partial charge in [0, 0.05) is 30.9 Å². The Hall–Kier alpha value is -1.06. The van der Waals surface area contributed by atoms with Crippen LogP contribution in [0, 0.1) is 0 Å². The number of nitrogens with zero attached hydrogens (tertiary/aromatic N) is 2. The minimum Gasteiger partial charge on any atom is -0.370 e. The van der Waals surface area contributed by atoms with E-state index >= 15 is 0 Å². The first-order valence-corrected chi connectivity index (χ1v) is 8.63. The summed E-state index contributed by atoms with van der Waals surface area (Å²) >= 11 is 0. The molecule has 2 saturated heterocycles. The van der Waals surface area contributed by atoms with Crippen molar-refractivity contribution in [3.05, 3.63) is 29.8 Å². The van der Waals surface area contributed by atoms with Gasteiger partial charge in [0.1, 0.15) is 0 Å². The van der Waals surface area contributed by atoms with Crippen LogP contribution in [0.25, 0.3) is 0 Å². The van der Waals surface area contributed by atoms with E-state index in [1.54, 1.807) is 0 Å². The molecular formula is C18H29N3. The van der Waals surface area contributed by atoms with Gasteiger partial charge in [-0.3, -0.25) is 4.90 Å². The van der Waals surface area contributed by atoms with Crippen LogP contribution in [0.15, 0.2) is 24.3 Å². The minimum absolute atomic E-state index is 0.162. The number of piperidine rings is 1. The van der Waals surface area contributed by atoms with Crippen molar-refractivity contribution in [3.63, 3.8) is 0 Å². The van der Waals surface area contributed by atoms with E-state index in [-0.39, 0.29) is 6.04 Å². The van der Waals surface area contributed by atoms with E-state index in [9.17, 15) is 0 Å². The molecule has 1 aromatic carbocycles. The van der Waals surface area contributed by atoms with Gasteiger partial charge < -0.3 is 10.6 Å². The zero-order chi connectivity index (χ0) is 14.7. The van der Waals surface area contributed by atoms with E-state index in [0.29, 0.717) is 0 Å². The van der Waals surface area contributed by atoms with Crippen molar-refractivity contribution in [2.45, 2.75) is 51.1 Å². The molecule has 0 bridgehead atoms. The van der Waals surface area contributed by atoms with Crippen LogP contribution in [0.2, 0.25) is 0 Å². The maximum atomic E-state index is 6.30. The second kappa shape index (κ2) is 6.80. The molecule has 1 aromatic rings. The number of hydrogen-bond acceptors (Lipinski definition) is 3. The van der Waals surface area contributed by atoms with E-state index in [1.807, 2.05) is 0 Å². The number of anilines is 1. The Balaban J connectivity index is 1.71. The third-order valence-corrected chi connectivity index (χ3v) is 5.19. The van der Waals surface area contributed by atoms with Gasteiger partial charge in [-0.2, -0.15) is 0 Å². The van der Waals surface area contributed by atoms with E-state index in [0.717, 1.165) is 12.5 Å². The standard InChI is InChI=1S/C18H29N3/c1-2-17(19)16-8-4-5-9-18(16)21-13-10-15(14-21)20-11-6-3-7-12-20/h4-5,8-9,15,17H,2-3,6-7,10-14,19H2,1H3/t15?,17-/m0/s1. The highest BCUT2D eigenvalue weighted by atomic mass is 15.3. The minimum atomic E-state index is 0.162. The van der Waals surface area contributed by atoms with Crippen LogP contribution in [0.1, 0.15) is 50.6 Å². The lowest BCUT2D eigenvalue weighted by Gasteiger charge is -2.32. The Morgan fingerprint density at radius 1 is 1.14 bits per heavy atom. The van der Waals surface area contributed by atoms with Crippen molar-refractivity contribution >= 4 is 5.69 Å². The Morgan fingerprint density at radius 2 is 1.90 bits per heavy atom. The molecule has 0 aliphatic carbocycles. The van der Waals surface area contributed by atoms with Crippen molar-refractivity contribution in [2.24, 2.45) is 5.73 Å². The second-order valence-corrected chi connectivity index (χ2v) is 6.56. The Kier molecular flexibility index (Phi) is 4.81. The van der Waals surface area contributed by atoms with Crippen LogP contribution >= 0.6 is 0 Å². The smallest absolute Gasteiger partial charge is 0.0415 e. The van der Waals surface area contributed by atoms with Crippen molar-refractivity contribution in [2.75, 3.05) is 31.1 Å². The van der Waals surface area contributed by atoms with E-state index in [2.05, 4.69) is 41.0 Å². The lowest BCUT2D eigenvalue weighted by Crippen LogP contribution is -2.41. The predicted octanol–water partition coefficient (Wildman–Crippen LogP) is 3.16.